The third-order valence-electron chi connectivity index (χ3n) is 2.27. The molecule has 0 aliphatic rings. The van der Waals surface area contributed by atoms with Gasteiger partial charge in [-0.05, 0) is 29.3 Å². The second-order valence-corrected chi connectivity index (χ2v) is 4.52. The number of halogens is 1. The van der Waals surface area contributed by atoms with Crippen molar-refractivity contribution in [3.63, 3.8) is 0 Å². The third kappa shape index (κ3) is 3.63. The van der Waals surface area contributed by atoms with Gasteiger partial charge in [-0.3, -0.25) is 0 Å². The SMILES string of the molecule is CCCCN(C)c1nc(NCC)ncc1Br. The van der Waals surface area contributed by atoms with Crippen LogP contribution in [0.3, 0.4) is 0 Å². The van der Waals surface area contributed by atoms with Gasteiger partial charge in [-0.1, -0.05) is 13.3 Å². The Bertz CT molecular complexity index is 330. The smallest absolute Gasteiger partial charge is 0.224 e. The Hall–Kier alpha value is -0.840. The van der Waals surface area contributed by atoms with Gasteiger partial charge in [0.15, 0.2) is 0 Å². The van der Waals surface area contributed by atoms with Crippen molar-refractivity contribution in [2.24, 2.45) is 0 Å². The topological polar surface area (TPSA) is 41.1 Å². The van der Waals surface area contributed by atoms with E-state index < -0.39 is 0 Å². The number of nitrogens with zero attached hydrogens (tertiary/aromatic N) is 3. The molecular formula is C11H19BrN4. The zero-order valence-corrected chi connectivity index (χ0v) is 11.7. The highest BCUT2D eigenvalue weighted by molar-refractivity contribution is 9.10. The van der Waals surface area contributed by atoms with Crippen molar-refractivity contribution >= 4 is 27.7 Å². The fourth-order valence-corrected chi connectivity index (χ4v) is 1.86. The van der Waals surface area contributed by atoms with Gasteiger partial charge in [0.2, 0.25) is 5.95 Å². The highest BCUT2D eigenvalue weighted by Gasteiger charge is 2.08. The first-order valence-electron chi connectivity index (χ1n) is 5.66. The molecule has 0 aliphatic carbocycles. The Morgan fingerprint density at radius 1 is 1.44 bits per heavy atom. The van der Waals surface area contributed by atoms with E-state index in [0.29, 0.717) is 5.95 Å². The second-order valence-electron chi connectivity index (χ2n) is 3.67. The highest BCUT2D eigenvalue weighted by Crippen LogP contribution is 2.23. The predicted molar refractivity (Wildman–Crippen MR) is 72.1 cm³/mol. The highest BCUT2D eigenvalue weighted by atomic mass is 79.9. The third-order valence-corrected chi connectivity index (χ3v) is 2.83. The number of aromatic nitrogens is 2. The molecule has 0 saturated heterocycles. The van der Waals surface area contributed by atoms with Crippen LogP contribution in [-0.4, -0.2) is 30.1 Å². The summed E-state index contributed by atoms with van der Waals surface area (Å²) in [5, 5.41) is 3.12. The number of anilines is 2. The molecule has 0 saturated carbocycles. The molecule has 90 valence electrons. The van der Waals surface area contributed by atoms with E-state index in [9.17, 15) is 0 Å². The van der Waals surface area contributed by atoms with E-state index in [1.807, 2.05) is 6.92 Å². The summed E-state index contributed by atoms with van der Waals surface area (Å²) in [4.78, 5) is 10.8. The fourth-order valence-electron chi connectivity index (χ4n) is 1.37. The molecule has 0 bridgehead atoms. The Morgan fingerprint density at radius 3 is 2.81 bits per heavy atom. The molecule has 0 spiro atoms. The van der Waals surface area contributed by atoms with Gasteiger partial charge in [-0.15, -0.1) is 0 Å². The second kappa shape index (κ2) is 6.68. The van der Waals surface area contributed by atoms with Gasteiger partial charge in [0, 0.05) is 26.3 Å². The van der Waals surface area contributed by atoms with Crippen molar-refractivity contribution in [2.75, 3.05) is 30.4 Å². The quantitative estimate of drug-likeness (QED) is 0.873. The molecule has 1 aromatic heterocycles. The normalized spacial score (nSPS) is 10.2. The Kier molecular flexibility index (Phi) is 5.52. The van der Waals surface area contributed by atoms with Crippen molar-refractivity contribution in [3.05, 3.63) is 10.7 Å². The van der Waals surface area contributed by atoms with Crippen LogP contribution in [-0.2, 0) is 0 Å². The maximum atomic E-state index is 4.47. The summed E-state index contributed by atoms with van der Waals surface area (Å²) in [6.07, 6.45) is 4.15. The lowest BCUT2D eigenvalue weighted by atomic mass is 10.3. The van der Waals surface area contributed by atoms with Gasteiger partial charge in [-0.2, -0.15) is 4.98 Å². The fraction of sp³-hybridized carbons (Fsp3) is 0.636. The van der Waals surface area contributed by atoms with Crippen molar-refractivity contribution in [1.82, 2.24) is 9.97 Å². The monoisotopic (exact) mass is 286 g/mol. The van der Waals surface area contributed by atoms with Crippen LogP contribution in [0.15, 0.2) is 10.7 Å². The van der Waals surface area contributed by atoms with E-state index in [1.54, 1.807) is 6.20 Å². The number of hydrogen-bond donors (Lipinski definition) is 1. The minimum atomic E-state index is 0.684. The molecule has 0 radical (unpaired) electrons. The van der Waals surface area contributed by atoms with Crippen molar-refractivity contribution in [3.8, 4) is 0 Å². The molecule has 16 heavy (non-hydrogen) atoms. The first kappa shape index (κ1) is 13.2. The molecule has 1 rings (SSSR count). The average Bonchev–Trinajstić information content (AvgIpc) is 2.29. The standard InChI is InChI=1S/C11H19BrN4/c1-4-6-7-16(3)10-9(12)8-14-11(15-10)13-5-2/h8H,4-7H2,1-3H3,(H,13,14,15). The van der Waals surface area contributed by atoms with E-state index in [2.05, 4.69) is 50.1 Å². The van der Waals surface area contributed by atoms with Crippen LogP contribution >= 0.6 is 15.9 Å². The number of hydrogen-bond acceptors (Lipinski definition) is 4. The van der Waals surface area contributed by atoms with Crippen LogP contribution in [0, 0.1) is 0 Å². The van der Waals surface area contributed by atoms with Gasteiger partial charge in [0.05, 0.1) is 4.47 Å². The molecule has 0 fully saturated rings. The molecule has 0 unspecified atom stereocenters. The number of unbranched alkanes of at least 4 members (excludes halogenated alkanes) is 1. The lowest BCUT2D eigenvalue weighted by Gasteiger charge is -2.19. The molecule has 0 aromatic carbocycles. The van der Waals surface area contributed by atoms with Gasteiger partial charge in [-0.25, -0.2) is 4.98 Å². The molecule has 0 atom stereocenters. The van der Waals surface area contributed by atoms with Crippen LogP contribution in [0.1, 0.15) is 26.7 Å². The van der Waals surface area contributed by atoms with Crippen molar-refractivity contribution in [2.45, 2.75) is 26.7 Å². The summed E-state index contributed by atoms with van der Waals surface area (Å²) >= 11 is 3.48. The number of nitrogens with one attached hydrogen (secondary N) is 1. The summed E-state index contributed by atoms with van der Waals surface area (Å²) in [6, 6.07) is 0. The average molecular weight is 287 g/mol. The van der Waals surface area contributed by atoms with Crippen LogP contribution < -0.4 is 10.2 Å². The maximum Gasteiger partial charge on any atom is 0.224 e. The summed E-state index contributed by atoms with van der Waals surface area (Å²) < 4.78 is 0.938. The Balaban J connectivity index is 2.79. The van der Waals surface area contributed by atoms with Crippen LogP contribution in [0.4, 0.5) is 11.8 Å². The van der Waals surface area contributed by atoms with Crippen LogP contribution in [0.25, 0.3) is 0 Å². The lowest BCUT2D eigenvalue weighted by Crippen LogP contribution is -2.20. The maximum absolute atomic E-state index is 4.47. The van der Waals surface area contributed by atoms with Gasteiger partial charge >= 0.3 is 0 Å². The van der Waals surface area contributed by atoms with E-state index >= 15 is 0 Å². The molecule has 1 heterocycles. The molecule has 1 aromatic rings. The molecular weight excluding hydrogens is 268 g/mol. The van der Waals surface area contributed by atoms with Crippen LogP contribution in [0.5, 0.6) is 0 Å². The zero-order valence-electron chi connectivity index (χ0n) is 10.1. The van der Waals surface area contributed by atoms with E-state index in [0.717, 1.165) is 23.4 Å². The van der Waals surface area contributed by atoms with Crippen molar-refractivity contribution in [1.29, 1.82) is 0 Å². The summed E-state index contributed by atoms with van der Waals surface area (Å²) in [5.74, 6) is 1.63. The zero-order chi connectivity index (χ0) is 12.0. The number of rotatable bonds is 6. The molecule has 5 heteroatoms. The molecule has 1 N–H and O–H groups in total. The summed E-state index contributed by atoms with van der Waals surface area (Å²) in [5.41, 5.74) is 0. The lowest BCUT2D eigenvalue weighted by molar-refractivity contribution is 0.757. The minimum Gasteiger partial charge on any atom is -0.359 e. The van der Waals surface area contributed by atoms with Crippen molar-refractivity contribution < 1.29 is 0 Å². The van der Waals surface area contributed by atoms with Gasteiger partial charge in [0.25, 0.3) is 0 Å². The Morgan fingerprint density at radius 2 is 2.19 bits per heavy atom. The molecule has 4 nitrogen and oxygen atoms in total. The Labute approximate surface area is 106 Å². The largest absolute Gasteiger partial charge is 0.359 e. The minimum absolute atomic E-state index is 0.684. The van der Waals surface area contributed by atoms with Crippen LogP contribution in [0.2, 0.25) is 0 Å². The van der Waals surface area contributed by atoms with Gasteiger partial charge in [0.1, 0.15) is 5.82 Å². The predicted octanol–water partition coefficient (Wildman–Crippen LogP) is 2.91. The molecule has 0 amide bonds. The first-order chi connectivity index (χ1) is 7.69. The van der Waals surface area contributed by atoms with Gasteiger partial charge < -0.3 is 10.2 Å². The van der Waals surface area contributed by atoms with E-state index in [4.69, 9.17) is 0 Å². The summed E-state index contributed by atoms with van der Waals surface area (Å²) in [6.45, 7) is 6.07. The van der Waals surface area contributed by atoms with E-state index in [1.165, 1.54) is 12.8 Å². The molecule has 0 aliphatic heterocycles. The summed E-state index contributed by atoms with van der Waals surface area (Å²) in [7, 11) is 2.05. The first-order valence-corrected chi connectivity index (χ1v) is 6.45. The van der Waals surface area contributed by atoms with E-state index in [-0.39, 0.29) is 0 Å².